The molecule has 0 unspecified atom stereocenters. The summed E-state index contributed by atoms with van der Waals surface area (Å²) < 4.78 is 30.0. The standard InChI is InChI=1S/C10H13F2N3O2/c1-2-17-7(16)3-6-9(14)8(10(11)12)5(13)4-15-6/h4,10H,2-3,13-14H2,1H3. The highest BCUT2D eigenvalue weighted by Crippen LogP contribution is 2.31. The van der Waals surface area contributed by atoms with Crippen molar-refractivity contribution in [2.75, 3.05) is 18.1 Å². The third kappa shape index (κ3) is 3.02. The Balaban J connectivity index is 3.02. The fourth-order valence-corrected chi connectivity index (χ4v) is 1.33. The number of hydrogen-bond donors (Lipinski definition) is 2. The Labute approximate surface area is 96.8 Å². The third-order valence-electron chi connectivity index (χ3n) is 2.11. The number of alkyl halides is 2. The lowest BCUT2D eigenvalue weighted by Gasteiger charge is -2.11. The Bertz CT molecular complexity index is 424. The predicted octanol–water partition coefficient (Wildman–Crippen LogP) is 1.29. The second kappa shape index (κ2) is 5.42. The molecule has 1 rings (SSSR count). The van der Waals surface area contributed by atoms with E-state index in [1.807, 2.05) is 0 Å². The summed E-state index contributed by atoms with van der Waals surface area (Å²) in [4.78, 5) is 15.0. The first kappa shape index (κ1) is 13.1. The van der Waals surface area contributed by atoms with E-state index in [9.17, 15) is 13.6 Å². The summed E-state index contributed by atoms with van der Waals surface area (Å²) in [6.45, 7) is 1.84. The first-order valence-electron chi connectivity index (χ1n) is 4.93. The number of aromatic nitrogens is 1. The number of hydrogen-bond acceptors (Lipinski definition) is 5. The molecule has 0 spiro atoms. The van der Waals surface area contributed by atoms with E-state index in [2.05, 4.69) is 9.72 Å². The van der Waals surface area contributed by atoms with Gasteiger partial charge in [-0.2, -0.15) is 0 Å². The van der Waals surface area contributed by atoms with Crippen LogP contribution in [-0.2, 0) is 16.0 Å². The van der Waals surface area contributed by atoms with Gasteiger partial charge in [-0.15, -0.1) is 0 Å². The lowest BCUT2D eigenvalue weighted by molar-refractivity contribution is -0.142. The number of rotatable bonds is 4. The predicted molar refractivity (Wildman–Crippen MR) is 58.4 cm³/mol. The number of nitrogens with zero attached hydrogens (tertiary/aromatic N) is 1. The summed E-state index contributed by atoms with van der Waals surface area (Å²) in [6.07, 6.45) is -1.99. The smallest absolute Gasteiger partial charge is 0.311 e. The highest BCUT2D eigenvalue weighted by atomic mass is 19.3. The molecule has 0 aliphatic carbocycles. The molecule has 94 valence electrons. The van der Waals surface area contributed by atoms with Crippen LogP contribution in [0.4, 0.5) is 20.2 Å². The maximum absolute atomic E-state index is 12.7. The number of esters is 1. The summed E-state index contributed by atoms with van der Waals surface area (Å²) in [7, 11) is 0. The van der Waals surface area contributed by atoms with Crippen LogP contribution in [-0.4, -0.2) is 17.6 Å². The van der Waals surface area contributed by atoms with E-state index in [-0.39, 0.29) is 30.1 Å². The second-order valence-corrected chi connectivity index (χ2v) is 3.27. The van der Waals surface area contributed by atoms with Crippen molar-refractivity contribution in [1.29, 1.82) is 0 Å². The van der Waals surface area contributed by atoms with Gasteiger partial charge in [0.05, 0.1) is 41.9 Å². The molecule has 0 amide bonds. The van der Waals surface area contributed by atoms with Gasteiger partial charge in [-0.05, 0) is 6.92 Å². The number of halogens is 2. The molecule has 0 aliphatic rings. The van der Waals surface area contributed by atoms with Crippen molar-refractivity contribution in [1.82, 2.24) is 4.98 Å². The van der Waals surface area contributed by atoms with E-state index in [0.717, 1.165) is 6.20 Å². The fourth-order valence-electron chi connectivity index (χ4n) is 1.33. The zero-order valence-electron chi connectivity index (χ0n) is 9.24. The molecule has 4 N–H and O–H groups in total. The van der Waals surface area contributed by atoms with Crippen molar-refractivity contribution in [3.05, 3.63) is 17.5 Å². The van der Waals surface area contributed by atoms with Crippen LogP contribution in [0.2, 0.25) is 0 Å². The van der Waals surface area contributed by atoms with Crippen molar-refractivity contribution in [3.63, 3.8) is 0 Å². The minimum atomic E-state index is -2.81. The van der Waals surface area contributed by atoms with Gasteiger partial charge in [-0.25, -0.2) is 8.78 Å². The zero-order valence-corrected chi connectivity index (χ0v) is 9.24. The Morgan fingerprint density at radius 1 is 1.53 bits per heavy atom. The van der Waals surface area contributed by atoms with Gasteiger partial charge in [0.1, 0.15) is 0 Å². The molecular weight excluding hydrogens is 232 g/mol. The molecule has 0 radical (unpaired) electrons. The van der Waals surface area contributed by atoms with Crippen molar-refractivity contribution < 1.29 is 18.3 Å². The van der Waals surface area contributed by atoms with Crippen molar-refractivity contribution in [3.8, 4) is 0 Å². The molecular formula is C10H13F2N3O2. The zero-order chi connectivity index (χ0) is 13.0. The Morgan fingerprint density at radius 3 is 2.71 bits per heavy atom. The van der Waals surface area contributed by atoms with Crippen LogP contribution in [0, 0.1) is 0 Å². The SMILES string of the molecule is CCOC(=O)Cc1ncc(N)c(C(F)F)c1N. The Morgan fingerprint density at radius 2 is 2.18 bits per heavy atom. The number of nitrogen functional groups attached to an aromatic ring is 2. The molecule has 0 aliphatic heterocycles. The summed E-state index contributed by atoms with van der Waals surface area (Å²) in [5.41, 5.74) is 9.96. The average molecular weight is 245 g/mol. The summed E-state index contributed by atoms with van der Waals surface area (Å²) in [5, 5.41) is 0. The quantitative estimate of drug-likeness (QED) is 0.780. The van der Waals surface area contributed by atoms with Gasteiger partial charge in [-0.3, -0.25) is 9.78 Å². The third-order valence-corrected chi connectivity index (χ3v) is 2.11. The normalized spacial score (nSPS) is 10.6. The lowest BCUT2D eigenvalue weighted by Crippen LogP contribution is -2.13. The first-order chi connectivity index (χ1) is 7.97. The summed E-state index contributed by atoms with van der Waals surface area (Å²) in [6, 6.07) is 0. The van der Waals surface area contributed by atoms with E-state index in [4.69, 9.17) is 11.5 Å². The highest BCUT2D eigenvalue weighted by Gasteiger charge is 2.20. The Kier molecular flexibility index (Phi) is 4.19. The number of carbonyl (C=O) groups excluding carboxylic acids is 1. The van der Waals surface area contributed by atoms with E-state index >= 15 is 0 Å². The molecule has 1 heterocycles. The van der Waals surface area contributed by atoms with E-state index in [1.54, 1.807) is 6.92 Å². The van der Waals surface area contributed by atoms with Crippen LogP contribution < -0.4 is 11.5 Å². The summed E-state index contributed by atoms with van der Waals surface area (Å²) >= 11 is 0. The maximum atomic E-state index is 12.7. The number of carbonyl (C=O) groups is 1. The number of pyridine rings is 1. The van der Waals surface area contributed by atoms with Crippen LogP contribution in [0.3, 0.4) is 0 Å². The van der Waals surface area contributed by atoms with Gasteiger partial charge in [0.2, 0.25) is 0 Å². The van der Waals surface area contributed by atoms with E-state index in [1.165, 1.54) is 0 Å². The van der Waals surface area contributed by atoms with Crippen molar-refractivity contribution in [2.45, 2.75) is 19.8 Å². The van der Waals surface area contributed by atoms with Crippen molar-refractivity contribution >= 4 is 17.3 Å². The van der Waals surface area contributed by atoms with E-state index < -0.39 is 18.0 Å². The highest BCUT2D eigenvalue weighted by molar-refractivity contribution is 5.75. The monoisotopic (exact) mass is 245 g/mol. The van der Waals surface area contributed by atoms with Gasteiger partial charge in [0.25, 0.3) is 6.43 Å². The van der Waals surface area contributed by atoms with Gasteiger partial charge in [0, 0.05) is 0 Å². The van der Waals surface area contributed by atoms with Gasteiger partial charge >= 0.3 is 5.97 Å². The first-order valence-corrected chi connectivity index (χ1v) is 4.93. The molecule has 17 heavy (non-hydrogen) atoms. The molecule has 5 nitrogen and oxygen atoms in total. The minimum absolute atomic E-state index is 0.0490. The van der Waals surface area contributed by atoms with Gasteiger partial charge in [-0.1, -0.05) is 0 Å². The summed E-state index contributed by atoms with van der Waals surface area (Å²) in [5.74, 6) is -0.573. The van der Waals surface area contributed by atoms with Crippen LogP contribution in [0.1, 0.15) is 24.6 Å². The number of nitrogens with two attached hydrogens (primary N) is 2. The average Bonchev–Trinajstić information content (AvgIpc) is 2.22. The largest absolute Gasteiger partial charge is 0.466 e. The lowest BCUT2D eigenvalue weighted by atomic mass is 10.1. The molecule has 0 saturated heterocycles. The minimum Gasteiger partial charge on any atom is -0.466 e. The molecule has 1 aromatic rings. The molecule has 0 fully saturated rings. The molecule has 0 saturated carbocycles. The molecule has 0 bridgehead atoms. The maximum Gasteiger partial charge on any atom is 0.311 e. The number of anilines is 2. The van der Waals surface area contributed by atoms with Crippen molar-refractivity contribution in [2.24, 2.45) is 0 Å². The van der Waals surface area contributed by atoms with Gasteiger partial charge in [0.15, 0.2) is 0 Å². The molecule has 0 atom stereocenters. The second-order valence-electron chi connectivity index (χ2n) is 3.27. The van der Waals surface area contributed by atoms with E-state index in [0.29, 0.717) is 0 Å². The fraction of sp³-hybridized carbons (Fsp3) is 0.400. The number of ether oxygens (including phenoxy) is 1. The Hall–Kier alpha value is -1.92. The topological polar surface area (TPSA) is 91.2 Å². The molecule has 1 aromatic heterocycles. The van der Waals surface area contributed by atoms with Crippen LogP contribution in [0.5, 0.6) is 0 Å². The van der Waals surface area contributed by atoms with Crippen LogP contribution in [0.25, 0.3) is 0 Å². The molecule has 7 heteroatoms. The van der Waals surface area contributed by atoms with Gasteiger partial charge < -0.3 is 16.2 Å². The van der Waals surface area contributed by atoms with Crippen LogP contribution >= 0.6 is 0 Å². The molecule has 0 aromatic carbocycles. The van der Waals surface area contributed by atoms with Crippen LogP contribution in [0.15, 0.2) is 6.20 Å².